The molecule has 3 aromatic rings. The first-order chi connectivity index (χ1) is 10.1. The number of benzene rings is 2. The van der Waals surface area contributed by atoms with Crippen LogP contribution in [0.5, 0.6) is 0 Å². The molecule has 0 saturated heterocycles. The average molecular weight is 407 g/mol. The van der Waals surface area contributed by atoms with Crippen LogP contribution < -0.4 is 5.32 Å². The van der Waals surface area contributed by atoms with Crippen molar-refractivity contribution in [2.24, 2.45) is 0 Å². The zero-order valence-corrected chi connectivity index (χ0v) is 14.5. The van der Waals surface area contributed by atoms with Crippen LogP contribution >= 0.6 is 31.9 Å². The third-order valence-corrected chi connectivity index (χ3v) is 4.15. The number of halogens is 2. The second-order valence-corrected chi connectivity index (χ2v) is 6.43. The van der Waals surface area contributed by atoms with Gasteiger partial charge in [0.2, 0.25) is 5.95 Å². The van der Waals surface area contributed by atoms with Gasteiger partial charge in [0.15, 0.2) is 0 Å². The van der Waals surface area contributed by atoms with Gasteiger partial charge in [-0.1, -0.05) is 34.1 Å². The molecule has 106 valence electrons. The summed E-state index contributed by atoms with van der Waals surface area (Å²) >= 11 is 7.08. The fourth-order valence-corrected chi connectivity index (χ4v) is 3.33. The van der Waals surface area contributed by atoms with Crippen molar-refractivity contribution in [2.45, 2.75) is 6.92 Å². The molecule has 0 saturated carbocycles. The third kappa shape index (κ3) is 3.19. The molecule has 0 spiro atoms. The molecular weight excluding hydrogens is 394 g/mol. The zero-order chi connectivity index (χ0) is 14.8. The van der Waals surface area contributed by atoms with Gasteiger partial charge in [0.05, 0.1) is 11.4 Å². The molecule has 0 unspecified atom stereocenters. The molecule has 1 heterocycles. The highest BCUT2D eigenvalue weighted by Crippen LogP contribution is 2.28. The van der Waals surface area contributed by atoms with Crippen LogP contribution in [0.1, 0.15) is 5.69 Å². The van der Waals surface area contributed by atoms with E-state index in [9.17, 15) is 0 Å². The lowest BCUT2D eigenvalue weighted by atomic mass is 10.3. The van der Waals surface area contributed by atoms with E-state index >= 15 is 0 Å². The molecule has 5 heteroatoms. The largest absolute Gasteiger partial charge is 0.325 e. The molecule has 0 aliphatic carbocycles. The highest BCUT2D eigenvalue weighted by Gasteiger charge is 2.10. The van der Waals surface area contributed by atoms with Crippen molar-refractivity contribution in [3.8, 4) is 5.69 Å². The predicted molar refractivity (Wildman–Crippen MR) is 93.4 cm³/mol. The number of hydrogen-bond acceptors (Lipinski definition) is 2. The molecule has 1 aromatic heterocycles. The first-order valence-electron chi connectivity index (χ1n) is 6.47. The zero-order valence-electron chi connectivity index (χ0n) is 11.3. The predicted octanol–water partition coefficient (Wildman–Crippen LogP) is 5.45. The molecule has 3 rings (SSSR count). The normalized spacial score (nSPS) is 10.6. The van der Waals surface area contributed by atoms with E-state index in [-0.39, 0.29) is 0 Å². The molecule has 0 fully saturated rings. The lowest BCUT2D eigenvalue weighted by Crippen LogP contribution is -2.01. The fourth-order valence-electron chi connectivity index (χ4n) is 2.10. The van der Waals surface area contributed by atoms with Crippen LogP contribution in [-0.2, 0) is 0 Å². The standard InChI is InChI=1S/C16H13Br2N3/c1-11-10-21(15-8-7-12(17)9-14(15)18)16(19-11)20-13-5-3-2-4-6-13/h2-10H,1H3,(H,19,20). The number of nitrogens with one attached hydrogen (secondary N) is 1. The summed E-state index contributed by atoms with van der Waals surface area (Å²) in [5.74, 6) is 0.793. The first-order valence-corrected chi connectivity index (χ1v) is 8.05. The van der Waals surface area contributed by atoms with Crippen LogP contribution in [-0.4, -0.2) is 9.55 Å². The monoisotopic (exact) mass is 405 g/mol. The molecule has 0 radical (unpaired) electrons. The second kappa shape index (κ2) is 6.03. The van der Waals surface area contributed by atoms with E-state index in [4.69, 9.17) is 0 Å². The Morgan fingerprint density at radius 1 is 1.05 bits per heavy atom. The van der Waals surface area contributed by atoms with Crippen LogP contribution in [0.2, 0.25) is 0 Å². The highest BCUT2D eigenvalue weighted by molar-refractivity contribution is 9.11. The Labute approximate surface area is 140 Å². The number of aryl methyl sites for hydroxylation is 1. The minimum Gasteiger partial charge on any atom is -0.325 e. The van der Waals surface area contributed by atoms with E-state index in [2.05, 4.69) is 42.2 Å². The maximum absolute atomic E-state index is 4.57. The van der Waals surface area contributed by atoms with Gasteiger partial charge in [-0.25, -0.2) is 4.98 Å². The minimum atomic E-state index is 0.793. The summed E-state index contributed by atoms with van der Waals surface area (Å²) in [6, 6.07) is 16.1. The molecule has 0 aliphatic rings. The number of hydrogen-bond donors (Lipinski definition) is 1. The summed E-state index contributed by atoms with van der Waals surface area (Å²) < 4.78 is 4.08. The second-order valence-electron chi connectivity index (χ2n) is 4.66. The van der Waals surface area contributed by atoms with Crippen LogP contribution in [0, 0.1) is 6.92 Å². The highest BCUT2D eigenvalue weighted by atomic mass is 79.9. The van der Waals surface area contributed by atoms with Crippen LogP contribution in [0.3, 0.4) is 0 Å². The Morgan fingerprint density at radius 3 is 2.52 bits per heavy atom. The number of para-hydroxylation sites is 1. The number of imidazole rings is 1. The van der Waals surface area contributed by atoms with Gasteiger partial charge in [0, 0.05) is 20.8 Å². The number of rotatable bonds is 3. The van der Waals surface area contributed by atoms with E-state index in [1.165, 1.54) is 0 Å². The summed E-state index contributed by atoms with van der Waals surface area (Å²) in [7, 11) is 0. The van der Waals surface area contributed by atoms with Gasteiger partial charge in [0.25, 0.3) is 0 Å². The molecule has 3 nitrogen and oxygen atoms in total. The van der Waals surface area contributed by atoms with Gasteiger partial charge in [-0.3, -0.25) is 4.57 Å². The Kier molecular flexibility index (Phi) is 4.12. The van der Waals surface area contributed by atoms with Gasteiger partial charge < -0.3 is 5.32 Å². The Balaban J connectivity index is 2.03. The quantitative estimate of drug-likeness (QED) is 0.626. The van der Waals surface area contributed by atoms with Gasteiger partial charge >= 0.3 is 0 Å². The summed E-state index contributed by atoms with van der Waals surface area (Å²) in [6.45, 7) is 1.99. The fraction of sp³-hybridized carbons (Fsp3) is 0.0625. The summed E-state index contributed by atoms with van der Waals surface area (Å²) in [5, 5.41) is 3.35. The minimum absolute atomic E-state index is 0.793. The number of anilines is 2. The maximum Gasteiger partial charge on any atom is 0.212 e. The average Bonchev–Trinajstić information content (AvgIpc) is 2.80. The van der Waals surface area contributed by atoms with Crippen molar-refractivity contribution in [3.05, 3.63) is 69.4 Å². The Hall–Kier alpha value is -1.59. The van der Waals surface area contributed by atoms with Gasteiger partial charge in [-0.2, -0.15) is 0 Å². The summed E-state index contributed by atoms with van der Waals surface area (Å²) in [4.78, 5) is 4.57. The van der Waals surface area contributed by atoms with E-state index in [1.807, 2.05) is 66.2 Å². The van der Waals surface area contributed by atoms with E-state index in [1.54, 1.807) is 0 Å². The van der Waals surface area contributed by atoms with Crippen molar-refractivity contribution in [2.75, 3.05) is 5.32 Å². The van der Waals surface area contributed by atoms with Crippen molar-refractivity contribution in [1.82, 2.24) is 9.55 Å². The van der Waals surface area contributed by atoms with E-state index in [0.717, 1.165) is 32.0 Å². The van der Waals surface area contributed by atoms with E-state index < -0.39 is 0 Å². The Bertz CT molecular complexity index is 766. The Morgan fingerprint density at radius 2 is 1.81 bits per heavy atom. The van der Waals surface area contributed by atoms with Crippen molar-refractivity contribution in [3.63, 3.8) is 0 Å². The molecule has 0 amide bonds. The molecular formula is C16H13Br2N3. The lowest BCUT2D eigenvalue weighted by molar-refractivity contribution is 1.05. The smallest absolute Gasteiger partial charge is 0.212 e. The molecule has 1 N–H and O–H groups in total. The van der Waals surface area contributed by atoms with Gasteiger partial charge in [-0.05, 0) is 53.2 Å². The van der Waals surface area contributed by atoms with Crippen LogP contribution in [0.25, 0.3) is 5.69 Å². The first kappa shape index (κ1) is 14.4. The third-order valence-electron chi connectivity index (χ3n) is 3.03. The maximum atomic E-state index is 4.57. The SMILES string of the molecule is Cc1cn(-c2ccc(Br)cc2Br)c(Nc2ccccc2)n1. The summed E-state index contributed by atoms with van der Waals surface area (Å²) in [6.07, 6.45) is 2.01. The molecule has 0 bridgehead atoms. The van der Waals surface area contributed by atoms with Crippen molar-refractivity contribution in [1.29, 1.82) is 0 Å². The summed E-state index contributed by atoms with van der Waals surface area (Å²) in [5.41, 5.74) is 3.01. The van der Waals surface area contributed by atoms with Crippen LogP contribution in [0.4, 0.5) is 11.6 Å². The van der Waals surface area contributed by atoms with Crippen LogP contribution in [0.15, 0.2) is 63.7 Å². The lowest BCUT2D eigenvalue weighted by Gasteiger charge is -2.11. The molecule has 0 atom stereocenters. The number of aromatic nitrogens is 2. The molecule has 0 aliphatic heterocycles. The van der Waals surface area contributed by atoms with Gasteiger partial charge in [-0.15, -0.1) is 0 Å². The van der Waals surface area contributed by atoms with Crippen molar-refractivity contribution >= 4 is 43.5 Å². The molecule has 21 heavy (non-hydrogen) atoms. The topological polar surface area (TPSA) is 29.9 Å². The molecule has 2 aromatic carbocycles. The van der Waals surface area contributed by atoms with Crippen molar-refractivity contribution < 1.29 is 0 Å². The van der Waals surface area contributed by atoms with E-state index in [0.29, 0.717) is 0 Å². The van der Waals surface area contributed by atoms with Gasteiger partial charge in [0.1, 0.15) is 0 Å². The number of nitrogens with zero attached hydrogens (tertiary/aromatic N) is 2.